The molecular formula is C17H23FN2. The summed E-state index contributed by atoms with van der Waals surface area (Å²) in [6.45, 7) is 2.99. The predicted octanol–water partition coefficient (Wildman–Crippen LogP) is 3.95. The minimum atomic E-state index is -0.128. The lowest BCUT2D eigenvalue weighted by Gasteiger charge is -2.21. The van der Waals surface area contributed by atoms with Gasteiger partial charge in [-0.1, -0.05) is 25.3 Å². The third-order valence-corrected chi connectivity index (χ3v) is 4.45. The normalized spacial score (nSPS) is 16.9. The number of hydrogen-bond donors (Lipinski definition) is 1. The van der Waals surface area contributed by atoms with Gasteiger partial charge in [0.05, 0.1) is 5.52 Å². The Morgan fingerprint density at radius 1 is 1.15 bits per heavy atom. The van der Waals surface area contributed by atoms with Crippen LogP contribution >= 0.6 is 0 Å². The summed E-state index contributed by atoms with van der Waals surface area (Å²) in [5.74, 6) is 0.735. The van der Waals surface area contributed by atoms with Gasteiger partial charge in [-0.05, 0) is 43.5 Å². The molecule has 0 aliphatic heterocycles. The molecule has 1 aliphatic rings. The van der Waals surface area contributed by atoms with Crippen molar-refractivity contribution in [2.75, 3.05) is 13.1 Å². The van der Waals surface area contributed by atoms with Crippen molar-refractivity contribution in [1.82, 2.24) is 9.88 Å². The first-order valence-electron chi connectivity index (χ1n) is 7.78. The molecule has 3 heteroatoms. The summed E-state index contributed by atoms with van der Waals surface area (Å²) in [5.41, 5.74) is 0.990. The number of halogens is 1. The van der Waals surface area contributed by atoms with Crippen LogP contribution in [0.2, 0.25) is 0 Å². The van der Waals surface area contributed by atoms with E-state index in [0.717, 1.165) is 36.5 Å². The number of aromatic nitrogens is 1. The van der Waals surface area contributed by atoms with Crippen LogP contribution in [0.25, 0.3) is 10.9 Å². The van der Waals surface area contributed by atoms with Gasteiger partial charge in [-0.15, -0.1) is 0 Å². The molecule has 1 fully saturated rings. The molecule has 108 valence electrons. The molecule has 1 heterocycles. The van der Waals surface area contributed by atoms with Gasteiger partial charge >= 0.3 is 0 Å². The first-order valence-corrected chi connectivity index (χ1v) is 7.78. The fraction of sp³-hybridized carbons (Fsp3) is 0.529. The Labute approximate surface area is 120 Å². The minimum Gasteiger partial charge on any atom is -0.346 e. The first kappa shape index (κ1) is 13.6. The second kappa shape index (κ2) is 6.40. The van der Waals surface area contributed by atoms with Gasteiger partial charge in [0.1, 0.15) is 5.82 Å². The van der Waals surface area contributed by atoms with E-state index >= 15 is 0 Å². The van der Waals surface area contributed by atoms with Crippen molar-refractivity contribution in [3.8, 4) is 0 Å². The molecule has 1 aromatic carbocycles. The highest BCUT2D eigenvalue weighted by atomic mass is 19.1. The van der Waals surface area contributed by atoms with Crippen LogP contribution in [0, 0.1) is 11.7 Å². The van der Waals surface area contributed by atoms with Crippen molar-refractivity contribution in [3.05, 3.63) is 36.3 Å². The standard InChI is InChI=1S/C17H23FN2/c18-16-7-4-8-17-15(16)9-11-20(17)12-10-19-13-14-5-2-1-3-6-14/h4,7-9,11,14,19H,1-3,5-6,10,12-13H2. The lowest BCUT2D eigenvalue weighted by molar-refractivity contribution is 0.341. The van der Waals surface area contributed by atoms with Gasteiger partial charge in [-0.25, -0.2) is 4.39 Å². The minimum absolute atomic E-state index is 0.128. The monoisotopic (exact) mass is 274 g/mol. The maximum atomic E-state index is 13.6. The number of fused-ring (bicyclic) bond motifs is 1. The van der Waals surface area contributed by atoms with Crippen LogP contribution < -0.4 is 5.32 Å². The first-order chi connectivity index (χ1) is 9.84. The Kier molecular flexibility index (Phi) is 4.36. The van der Waals surface area contributed by atoms with Gasteiger partial charge in [-0.3, -0.25) is 0 Å². The lowest BCUT2D eigenvalue weighted by Crippen LogP contribution is -2.27. The Balaban J connectivity index is 1.51. The molecule has 0 saturated heterocycles. The average molecular weight is 274 g/mol. The van der Waals surface area contributed by atoms with Crippen molar-refractivity contribution < 1.29 is 4.39 Å². The molecule has 0 spiro atoms. The summed E-state index contributed by atoms with van der Waals surface area (Å²) >= 11 is 0. The van der Waals surface area contributed by atoms with Crippen LogP contribution in [0.4, 0.5) is 4.39 Å². The molecule has 1 saturated carbocycles. The summed E-state index contributed by atoms with van der Waals surface area (Å²) in [6, 6.07) is 7.16. The number of nitrogens with zero attached hydrogens (tertiary/aromatic N) is 1. The fourth-order valence-corrected chi connectivity index (χ4v) is 3.28. The van der Waals surface area contributed by atoms with Gasteiger partial charge < -0.3 is 9.88 Å². The molecule has 1 aromatic heterocycles. The Morgan fingerprint density at radius 2 is 2.00 bits per heavy atom. The predicted molar refractivity (Wildman–Crippen MR) is 81.3 cm³/mol. The maximum Gasteiger partial charge on any atom is 0.132 e. The van der Waals surface area contributed by atoms with Crippen LogP contribution in [-0.4, -0.2) is 17.7 Å². The molecule has 2 aromatic rings. The van der Waals surface area contributed by atoms with Crippen LogP contribution in [-0.2, 0) is 6.54 Å². The highest BCUT2D eigenvalue weighted by Gasteiger charge is 2.12. The van der Waals surface area contributed by atoms with Crippen molar-refractivity contribution in [2.24, 2.45) is 5.92 Å². The van der Waals surface area contributed by atoms with Crippen molar-refractivity contribution in [2.45, 2.75) is 38.6 Å². The zero-order valence-corrected chi connectivity index (χ0v) is 11.9. The molecule has 0 radical (unpaired) electrons. The molecule has 1 N–H and O–H groups in total. The van der Waals surface area contributed by atoms with E-state index in [0.29, 0.717) is 0 Å². The number of hydrogen-bond acceptors (Lipinski definition) is 1. The largest absolute Gasteiger partial charge is 0.346 e. The zero-order valence-electron chi connectivity index (χ0n) is 11.9. The van der Waals surface area contributed by atoms with E-state index in [-0.39, 0.29) is 5.82 Å². The van der Waals surface area contributed by atoms with Crippen LogP contribution in [0.5, 0.6) is 0 Å². The average Bonchev–Trinajstić information content (AvgIpc) is 2.90. The van der Waals surface area contributed by atoms with Gasteiger partial charge in [-0.2, -0.15) is 0 Å². The molecule has 2 nitrogen and oxygen atoms in total. The zero-order chi connectivity index (χ0) is 13.8. The molecule has 0 bridgehead atoms. The molecular weight excluding hydrogens is 251 g/mol. The Morgan fingerprint density at radius 3 is 2.85 bits per heavy atom. The lowest BCUT2D eigenvalue weighted by atomic mass is 9.89. The van der Waals surface area contributed by atoms with Crippen LogP contribution in [0.1, 0.15) is 32.1 Å². The second-order valence-electron chi connectivity index (χ2n) is 5.89. The van der Waals surface area contributed by atoms with Gasteiger partial charge in [0.15, 0.2) is 0 Å². The van der Waals surface area contributed by atoms with Gasteiger partial charge in [0.2, 0.25) is 0 Å². The highest BCUT2D eigenvalue weighted by Crippen LogP contribution is 2.22. The smallest absolute Gasteiger partial charge is 0.132 e. The molecule has 0 unspecified atom stereocenters. The summed E-state index contributed by atoms with van der Waals surface area (Å²) in [6.07, 6.45) is 8.95. The number of rotatable bonds is 5. The summed E-state index contributed by atoms with van der Waals surface area (Å²) in [5, 5.41) is 4.28. The van der Waals surface area contributed by atoms with Gasteiger partial charge in [0, 0.05) is 24.7 Å². The van der Waals surface area contributed by atoms with E-state index in [9.17, 15) is 4.39 Å². The maximum absolute atomic E-state index is 13.6. The molecule has 0 amide bonds. The van der Waals surface area contributed by atoms with Crippen molar-refractivity contribution >= 4 is 10.9 Å². The van der Waals surface area contributed by atoms with E-state index in [1.807, 2.05) is 18.3 Å². The van der Waals surface area contributed by atoms with Crippen LogP contribution in [0.3, 0.4) is 0 Å². The third-order valence-electron chi connectivity index (χ3n) is 4.45. The summed E-state index contributed by atoms with van der Waals surface area (Å²) in [4.78, 5) is 0. The molecule has 1 aliphatic carbocycles. The SMILES string of the molecule is Fc1cccc2c1ccn2CCNCC1CCCCC1. The van der Waals surface area contributed by atoms with E-state index in [1.54, 1.807) is 6.07 Å². The van der Waals surface area contributed by atoms with Crippen LogP contribution in [0.15, 0.2) is 30.5 Å². The Hall–Kier alpha value is -1.35. The summed E-state index contributed by atoms with van der Waals surface area (Å²) < 4.78 is 15.7. The quantitative estimate of drug-likeness (QED) is 0.817. The number of nitrogens with one attached hydrogen (secondary N) is 1. The fourth-order valence-electron chi connectivity index (χ4n) is 3.28. The van der Waals surface area contributed by atoms with Crippen molar-refractivity contribution in [1.29, 1.82) is 0 Å². The van der Waals surface area contributed by atoms with E-state index in [4.69, 9.17) is 0 Å². The molecule has 0 atom stereocenters. The highest BCUT2D eigenvalue weighted by molar-refractivity contribution is 5.80. The number of benzene rings is 1. The third kappa shape index (κ3) is 3.04. The van der Waals surface area contributed by atoms with E-state index in [2.05, 4.69) is 9.88 Å². The van der Waals surface area contributed by atoms with Crippen molar-refractivity contribution in [3.63, 3.8) is 0 Å². The van der Waals surface area contributed by atoms with E-state index in [1.165, 1.54) is 38.2 Å². The molecule has 3 rings (SSSR count). The topological polar surface area (TPSA) is 17.0 Å². The molecule has 20 heavy (non-hydrogen) atoms. The van der Waals surface area contributed by atoms with E-state index < -0.39 is 0 Å². The Bertz CT molecular complexity index is 555. The summed E-state index contributed by atoms with van der Waals surface area (Å²) in [7, 11) is 0. The van der Waals surface area contributed by atoms with Gasteiger partial charge in [0.25, 0.3) is 0 Å². The second-order valence-corrected chi connectivity index (χ2v) is 5.89.